The summed E-state index contributed by atoms with van der Waals surface area (Å²) in [5.74, 6) is -0.325. The predicted octanol–water partition coefficient (Wildman–Crippen LogP) is 2.16. The molecule has 2 aromatic rings. The topological polar surface area (TPSA) is 76.3 Å². The summed E-state index contributed by atoms with van der Waals surface area (Å²) in [4.78, 5) is 13.8. The van der Waals surface area contributed by atoms with Crippen molar-refractivity contribution in [3.8, 4) is 5.75 Å². The van der Waals surface area contributed by atoms with Crippen molar-refractivity contribution in [3.05, 3.63) is 40.1 Å². The van der Waals surface area contributed by atoms with E-state index in [1.165, 1.54) is 0 Å². The van der Waals surface area contributed by atoms with Gasteiger partial charge in [0.05, 0.1) is 10.4 Å². The van der Waals surface area contributed by atoms with Gasteiger partial charge in [0.25, 0.3) is 0 Å². The number of aryl methyl sites for hydroxylation is 1. The number of rotatable bonds is 1. The van der Waals surface area contributed by atoms with Crippen LogP contribution in [0.1, 0.15) is 5.56 Å². The second kappa shape index (κ2) is 3.20. The van der Waals surface area contributed by atoms with Crippen LogP contribution in [0.25, 0.3) is 10.9 Å². The molecule has 5 nitrogen and oxygen atoms in total. The number of aromatic nitrogens is 1. The second-order valence-electron chi connectivity index (χ2n) is 3.27. The van der Waals surface area contributed by atoms with Crippen LogP contribution in [0.15, 0.2) is 24.4 Å². The van der Waals surface area contributed by atoms with Gasteiger partial charge in [-0.3, -0.25) is 10.1 Å². The van der Waals surface area contributed by atoms with Gasteiger partial charge in [-0.15, -0.1) is 0 Å². The number of hydrogen-bond donors (Lipinski definition) is 1. The maximum atomic E-state index is 10.6. The number of aromatic hydroxyl groups is 1. The summed E-state index contributed by atoms with van der Waals surface area (Å²) in [7, 11) is 0. The SMILES string of the molecule is Cc1ccc2ncc([N+](=O)[O-])c(O)c2c1. The van der Waals surface area contributed by atoms with Crippen molar-refractivity contribution in [3.63, 3.8) is 0 Å². The molecule has 0 saturated carbocycles. The van der Waals surface area contributed by atoms with E-state index in [0.717, 1.165) is 11.8 Å². The van der Waals surface area contributed by atoms with E-state index in [1.54, 1.807) is 12.1 Å². The average Bonchev–Trinajstić information content (AvgIpc) is 2.19. The highest BCUT2D eigenvalue weighted by Gasteiger charge is 2.16. The van der Waals surface area contributed by atoms with Crippen molar-refractivity contribution in [1.29, 1.82) is 0 Å². The van der Waals surface area contributed by atoms with Crippen molar-refractivity contribution in [2.75, 3.05) is 0 Å². The van der Waals surface area contributed by atoms with E-state index in [9.17, 15) is 15.2 Å². The third kappa shape index (κ3) is 1.48. The summed E-state index contributed by atoms with van der Waals surface area (Å²) in [6.07, 6.45) is 1.06. The molecule has 0 amide bonds. The Balaban J connectivity index is 2.82. The van der Waals surface area contributed by atoms with Gasteiger partial charge >= 0.3 is 5.69 Å². The molecule has 0 fully saturated rings. The van der Waals surface area contributed by atoms with Gasteiger partial charge < -0.3 is 5.11 Å². The maximum Gasteiger partial charge on any atom is 0.329 e. The molecule has 1 aromatic carbocycles. The summed E-state index contributed by atoms with van der Waals surface area (Å²) in [5.41, 5.74) is 1.09. The van der Waals surface area contributed by atoms with Crippen molar-refractivity contribution in [2.45, 2.75) is 6.92 Å². The fraction of sp³-hybridized carbons (Fsp3) is 0.100. The Labute approximate surface area is 85.1 Å². The van der Waals surface area contributed by atoms with Crippen molar-refractivity contribution < 1.29 is 10.0 Å². The molecule has 5 heteroatoms. The number of hydrogen-bond acceptors (Lipinski definition) is 4. The van der Waals surface area contributed by atoms with E-state index in [4.69, 9.17) is 0 Å². The van der Waals surface area contributed by atoms with E-state index >= 15 is 0 Å². The van der Waals surface area contributed by atoms with E-state index in [1.807, 2.05) is 13.0 Å². The monoisotopic (exact) mass is 204 g/mol. The van der Waals surface area contributed by atoms with Crippen LogP contribution in [-0.4, -0.2) is 15.0 Å². The lowest BCUT2D eigenvalue weighted by Crippen LogP contribution is -1.91. The minimum atomic E-state index is -0.649. The minimum absolute atomic E-state index is 0.325. The molecular formula is C10H8N2O3. The molecule has 0 bridgehead atoms. The van der Waals surface area contributed by atoms with E-state index < -0.39 is 4.92 Å². The lowest BCUT2D eigenvalue weighted by molar-refractivity contribution is -0.386. The van der Waals surface area contributed by atoms with Crippen LogP contribution in [-0.2, 0) is 0 Å². The zero-order chi connectivity index (χ0) is 11.0. The molecule has 0 aliphatic heterocycles. The normalized spacial score (nSPS) is 10.5. The van der Waals surface area contributed by atoms with Gasteiger partial charge in [-0.05, 0) is 19.1 Å². The molecule has 1 N–H and O–H groups in total. The van der Waals surface area contributed by atoms with Crippen LogP contribution in [0.5, 0.6) is 5.75 Å². The zero-order valence-corrected chi connectivity index (χ0v) is 7.97. The first-order valence-electron chi connectivity index (χ1n) is 4.32. The maximum absolute atomic E-state index is 10.6. The molecule has 0 atom stereocenters. The summed E-state index contributed by atoms with van der Waals surface area (Å²) in [6.45, 7) is 1.84. The number of benzene rings is 1. The van der Waals surface area contributed by atoms with E-state index in [0.29, 0.717) is 10.9 Å². The average molecular weight is 204 g/mol. The highest BCUT2D eigenvalue weighted by atomic mass is 16.6. The van der Waals surface area contributed by atoms with Crippen LogP contribution < -0.4 is 0 Å². The number of fused-ring (bicyclic) bond motifs is 1. The summed E-state index contributed by atoms with van der Waals surface area (Å²) >= 11 is 0. The highest BCUT2D eigenvalue weighted by Crippen LogP contribution is 2.32. The van der Waals surface area contributed by atoms with Gasteiger partial charge in [0.2, 0.25) is 5.75 Å². The molecule has 0 aliphatic carbocycles. The fourth-order valence-electron chi connectivity index (χ4n) is 1.42. The van der Waals surface area contributed by atoms with Gasteiger partial charge in [0.1, 0.15) is 6.20 Å². The van der Waals surface area contributed by atoms with Crippen LogP contribution in [0.3, 0.4) is 0 Å². The van der Waals surface area contributed by atoms with Gasteiger partial charge in [-0.25, -0.2) is 4.98 Å². The largest absolute Gasteiger partial charge is 0.502 e. The second-order valence-corrected chi connectivity index (χ2v) is 3.27. The smallest absolute Gasteiger partial charge is 0.329 e. The minimum Gasteiger partial charge on any atom is -0.502 e. The van der Waals surface area contributed by atoms with E-state index in [-0.39, 0.29) is 11.4 Å². The molecule has 0 saturated heterocycles. The lowest BCUT2D eigenvalue weighted by atomic mass is 10.1. The Morgan fingerprint density at radius 2 is 2.20 bits per heavy atom. The van der Waals surface area contributed by atoms with Crippen LogP contribution >= 0.6 is 0 Å². The molecule has 15 heavy (non-hydrogen) atoms. The Bertz CT molecular complexity index is 552. The molecule has 0 spiro atoms. The Morgan fingerprint density at radius 3 is 2.87 bits per heavy atom. The van der Waals surface area contributed by atoms with Crippen molar-refractivity contribution in [2.24, 2.45) is 0 Å². The van der Waals surface area contributed by atoms with Crippen molar-refractivity contribution in [1.82, 2.24) is 4.98 Å². The van der Waals surface area contributed by atoms with Gasteiger partial charge in [0.15, 0.2) is 0 Å². The van der Waals surface area contributed by atoms with Crippen molar-refractivity contribution >= 4 is 16.6 Å². The molecular weight excluding hydrogens is 196 g/mol. The molecule has 0 radical (unpaired) electrons. The quantitative estimate of drug-likeness (QED) is 0.570. The number of pyridine rings is 1. The summed E-state index contributed by atoms with van der Waals surface area (Å²) in [5, 5.41) is 20.6. The molecule has 76 valence electrons. The lowest BCUT2D eigenvalue weighted by Gasteiger charge is -2.01. The third-order valence-electron chi connectivity index (χ3n) is 2.17. The first-order valence-corrected chi connectivity index (χ1v) is 4.32. The fourth-order valence-corrected chi connectivity index (χ4v) is 1.42. The molecule has 0 aliphatic rings. The van der Waals surface area contributed by atoms with Gasteiger partial charge in [-0.2, -0.15) is 0 Å². The molecule has 0 unspecified atom stereocenters. The third-order valence-corrected chi connectivity index (χ3v) is 2.17. The molecule has 2 rings (SSSR count). The Morgan fingerprint density at radius 1 is 1.47 bits per heavy atom. The zero-order valence-electron chi connectivity index (χ0n) is 7.97. The Hall–Kier alpha value is -2.17. The predicted molar refractivity (Wildman–Crippen MR) is 54.8 cm³/mol. The van der Waals surface area contributed by atoms with E-state index in [2.05, 4.69) is 4.98 Å². The Kier molecular flexibility index (Phi) is 2.00. The van der Waals surface area contributed by atoms with Gasteiger partial charge in [-0.1, -0.05) is 11.6 Å². The van der Waals surface area contributed by atoms with Crippen LogP contribution in [0, 0.1) is 17.0 Å². The first-order chi connectivity index (χ1) is 7.09. The van der Waals surface area contributed by atoms with Crippen LogP contribution in [0.2, 0.25) is 0 Å². The van der Waals surface area contributed by atoms with Gasteiger partial charge in [0, 0.05) is 5.39 Å². The summed E-state index contributed by atoms with van der Waals surface area (Å²) < 4.78 is 0. The highest BCUT2D eigenvalue weighted by molar-refractivity contribution is 5.88. The number of nitrogens with zero attached hydrogens (tertiary/aromatic N) is 2. The molecule has 1 aromatic heterocycles. The first kappa shape index (κ1) is 9.39. The summed E-state index contributed by atoms with van der Waals surface area (Å²) in [6, 6.07) is 5.22. The number of nitro groups is 1. The van der Waals surface area contributed by atoms with Crippen LogP contribution in [0.4, 0.5) is 5.69 Å². The molecule has 1 heterocycles. The standard InChI is InChI=1S/C10H8N2O3/c1-6-2-3-8-7(4-6)10(13)9(5-11-8)12(14)15/h2-5H,1H3,(H,11,13).